The largest absolute Gasteiger partial charge is 0.322 e. The van der Waals surface area contributed by atoms with Gasteiger partial charge in [-0.3, -0.25) is 9.52 Å². The molecule has 0 aromatic heterocycles. The molecule has 0 bridgehead atoms. The van der Waals surface area contributed by atoms with Crippen molar-refractivity contribution in [2.24, 2.45) is 0 Å². The van der Waals surface area contributed by atoms with Crippen LogP contribution in [0.4, 0.5) is 11.4 Å². The second-order valence-electron chi connectivity index (χ2n) is 6.11. The van der Waals surface area contributed by atoms with Crippen LogP contribution in [-0.2, 0) is 10.0 Å². The summed E-state index contributed by atoms with van der Waals surface area (Å²) in [5, 5.41) is 11.8. The van der Waals surface area contributed by atoms with Gasteiger partial charge in [0.1, 0.15) is 6.07 Å². The number of anilines is 2. The fourth-order valence-electron chi connectivity index (χ4n) is 2.50. The van der Waals surface area contributed by atoms with Gasteiger partial charge in [-0.2, -0.15) is 5.26 Å². The first-order chi connectivity index (χ1) is 13.4. The average Bonchev–Trinajstić information content (AvgIpc) is 2.70. The molecule has 0 aliphatic heterocycles. The number of para-hydroxylation sites is 1. The fraction of sp³-hybridized carbons (Fsp3) is 0.0476. The normalized spacial score (nSPS) is 10.7. The summed E-state index contributed by atoms with van der Waals surface area (Å²) in [7, 11) is -3.88. The van der Waals surface area contributed by atoms with Gasteiger partial charge in [-0.25, -0.2) is 8.42 Å². The van der Waals surface area contributed by atoms with Crippen LogP contribution in [0.3, 0.4) is 0 Å². The maximum Gasteiger partial charge on any atom is 0.261 e. The Morgan fingerprint density at radius 2 is 1.57 bits per heavy atom. The second kappa shape index (κ2) is 7.94. The molecule has 28 heavy (non-hydrogen) atoms. The summed E-state index contributed by atoms with van der Waals surface area (Å²) < 4.78 is 27.5. The molecule has 3 aromatic carbocycles. The fourth-order valence-corrected chi connectivity index (χ4v) is 3.58. The predicted molar refractivity (Wildman–Crippen MR) is 108 cm³/mol. The van der Waals surface area contributed by atoms with E-state index in [1.807, 2.05) is 25.1 Å². The van der Waals surface area contributed by atoms with Crippen LogP contribution in [0.5, 0.6) is 0 Å². The molecule has 6 nitrogen and oxygen atoms in total. The monoisotopic (exact) mass is 391 g/mol. The highest BCUT2D eigenvalue weighted by Crippen LogP contribution is 2.20. The lowest BCUT2D eigenvalue weighted by molar-refractivity contribution is 0.102. The number of nitrogens with one attached hydrogen (secondary N) is 2. The minimum atomic E-state index is -3.88. The van der Waals surface area contributed by atoms with Crippen LogP contribution < -0.4 is 10.0 Å². The van der Waals surface area contributed by atoms with E-state index in [9.17, 15) is 13.2 Å². The van der Waals surface area contributed by atoms with E-state index in [1.165, 1.54) is 36.4 Å². The number of carbonyl (C=O) groups excluding carboxylic acids is 1. The molecule has 0 atom stereocenters. The van der Waals surface area contributed by atoms with Gasteiger partial charge in [-0.1, -0.05) is 29.8 Å². The molecule has 0 radical (unpaired) electrons. The highest BCUT2D eigenvalue weighted by atomic mass is 32.2. The lowest BCUT2D eigenvalue weighted by atomic mass is 10.2. The first-order valence-corrected chi connectivity index (χ1v) is 9.87. The second-order valence-corrected chi connectivity index (χ2v) is 7.79. The SMILES string of the molecule is Cc1ccc(NC(=O)c2ccc(S(=O)(=O)Nc3ccccc3C#N)cc2)cc1. The van der Waals surface area contributed by atoms with Crippen LogP contribution in [0, 0.1) is 18.3 Å². The number of sulfonamides is 1. The molecule has 2 N–H and O–H groups in total. The lowest BCUT2D eigenvalue weighted by Gasteiger charge is -2.10. The Morgan fingerprint density at radius 1 is 0.929 bits per heavy atom. The van der Waals surface area contributed by atoms with Crippen LogP contribution in [0.2, 0.25) is 0 Å². The zero-order valence-corrected chi connectivity index (χ0v) is 15.8. The van der Waals surface area contributed by atoms with E-state index in [0.29, 0.717) is 11.3 Å². The van der Waals surface area contributed by atoms with Gasteiger partial charge in [0.05, 0.1) is 16.1 Å². The van der Waals surface area contributed by atoms with Crippen molar-refractivity contribution in [1.29, 1.82) is 5.26 Å². The molecule has 0 saturated carbocycles. The van der Waals surface area contributed by atoms with Gasteiger partial charge in [-0.15, -0.1) is 0 Å². The molecule has 0 fully saturated rings. The van der Waals surface area contributed by atoms with Crippen LogP contribution >= 0.6 is 0 Å². The summed E-state index contributed by atoms with van der Waals surface area (Å²) in [5.74, 6) is -0.337. The molecule has 0 aliphatic carbocycles. The summed E-state index contributed by atoms with van der Waals surface area (Å²) in [6.45, 7) is 1.95. The molecule has 7 heteroatoms. The third kappa shape index (κ3) is 4.37. The van der Waals surface area contributed by atoms with Gasteiger partial charge in [0.2, 0.25) is 0 Å². The van der Waals surface area contributed by atoms with Gasteiger partial charge in [0.15, 0.2) is 0 Å². The minimum Gasteiger partial charge on any atom is -0.322 e. The summed E-state index contributed by atoms with van der Waals surface area (Å²) in [6, 6.07) is 21.2. The first-order valence-electron chi connectivity index (χ1n) is 8.39. The first kappa shape index (κ1) is 19.1. The Labute approximate surface area is 163 Å². The summed E-state index contributed by atoms with van der Waals surface area (Å²) >= 11 is 0. The number of benzene rings is 3. The van der Waals surface area contributed by atoms with E-state index in [0.717, 1.165) is 5.56 Å². The molecule has 0 aliphatic rings. The number of amides is 1. The number of nitrogens with zero attached hydrogens (tertiary/aromatic N) is 1. The van der Waals surface area contributed by atoms with Gasteiger partial charge < -0.3 is 5.32 Å². The standard InChI is InChI=1S/C21H17N3O3S/c1-15-6-10-18(11-7-15)23-21(25)16-8-12-19(13-9-16)28(26,27)24-20-5-3-2-4-17(20)14-22/h2-13,24H,1H3,(H,23,25). The third-order valence-corrected chi connectivity index (χ3v) is 5.41. The Hall–Kier alpha value is -3.63. The number of hydrogen-bond acceptors (Lipinski definition) is 4. The average molecular weight is 391 g/mol. The van der Waals surface area contributed by atoms with Crippen molar-refractivity contribution in [3.05, 3.63) is 89.5 Å². The van der Waals surface area contributed by atoms with Crippen LogP contribution in [0.25, 0.3) is 0 Å². The van der Waals surface area contributed by atoms with Gasteiger partial charge >= 0.3 is 0 Å². The minimum absolute atomic E-state index is 0.00729. The molecule has 3 rings (SSSR count). The Balaban J connectivity index is 1.76. The predicted octanol–water partition coefficient (Wildman–Crippen LogP) is 3.92. The molecular formula is C21H17N3O3S. The van der Waals surface area contributed by atoms with Crippen molar-refractivity contribution >= 4 is 27.3 Å². The van der Waals surface area contributed by atoms with Crippen molar-refractivity contribution in [2.75, 3.05) is 10.0 Å². The van der Waals surface area contributed by atoms with Crippen molar-refractivity contribution in [3.8, 4) is 6.07 Å². The maximum atomic E-state index is 12.6. The van der Waals surface area contributed by atoms with E-state index in [2.05, 4.69) is 10.0 Å². The topological polar surface area (TPSA) is 99.1 Å². The summed E-state index contributed by atoms with van der Waals surface area (Å²) in [6.07, 6.45) is 0. The summed E-state index contributed by atoms with van der Waals surface area (Å²) in [5.41, 5.74) is 2.49. The quantitative estimate of drug-likeness (QED) is 0.688. The van der Waals surface area contributed by atoms with Gasteiger partial charge in [-0.05, 0) is 55.5 Å². The van der Waals surface area contributed by atoms with E-state index in [-0.39, 0.29) is 22.1 Å². The number of nitriles is 1. The number of aryl methyl sites for hydroxylation is 1. The lowest BCUT2D eigenvalue weighted by Crippen LogP contribution is -2.15. The van der Waals surface area contributed by atoms with Crippen molar-refractivity contribution in [3.63, 3.8) is 0 Å². The Morgan fingerprint density at radius 3 is 2.21 bits per heavy atom. The Bertz CT molecular complexity index is 1150. The number of hydrogen-bond donors (Lipinski definition) is 2. The van der Waals surface area contributed by atoms with E-state index in [1.54, 1.807) is 24.3 Å². The molecule has 0 saturated heterocycles. The van der Waals surface area contributed by atoms with Crippen LogP contribution in [0.15, 0.2) is 77.7 Å². The molecule has 0 heterocycles. The summed E-state index contributed by atoms with van der Waals surface area (Å²) in [4.78, 5) is 12.3. The molecule has 3 aromatic rings. The van der Waals surface area contributed by atoms with Crippen molar-refractivity contribution in [2.45, 2.75) is 11.8 Å². The van der Waals surface area contributed by atoms with Crippen molar-refractivity contribution < 1.29 is 13.2 Å². The number of carbonyl (C=O) groups is 1. The maximum absolute atomic E-state index is 12.6. The highest BCUT2D eigenvalue weighted by molar-refractivity contribution is 7.92. The van der Waals surface area contributed by atoms with Crippen molar-refractivity contribution in [1.82, 2.24) is 0 Å². The molecular weight excluding hydrogens is 374 g/mol. The van der Waals surface area contributed by atoms with E-state index >= 15 is 0 Å². The van der Waals surface area contributed by atoms with Crippen LogP contribution in [0.1, 0.15) is 21.5 Å². The molecule has 1 amide bonds. The smallest absolute Gasteiger partial charge is 0.261 e. The third-order valence-electron chi connectivity index (χ3n) is 4.03. The molecule has 140 valence electrons. The molecule has 0 unspecified atom stereocenters. The van der Waals surface area contributed by atoms with Gasteiger partial charge in [0, 0.05) is 11.3 Å². The zero-order chi connectivity index (χ0) is 20.1. The molecule has 0 spiro atoms. The van der Waals surface area contributed by atoms with E-state index < -0.39 is 10.0 Å². The van der Waals surface area contributed by atoms with Crippen LogP contribution in [-0.4, -0.2) is 14.3 Å². The zero-order valence-electron chi connectivity index (χ0n) is 15.0. The Kier molecular flexibility index (Phi) is 5.43. The number of rotatable bonds is 5. The highest BCUT2D eigenvalue weighted by Gasteiger charge is 2.17. The van der Waals surface area contributed by atoms with E-state index in [4.69, 9.17) is 5.26 Å². The van der Waals surface area contributed by atoms with Gasteiger partial charge in [0.25, 0.3) is 15.9 Å².